The monoisotopic (exact) mass is 194 g/mol. The van der Waals surface area contributed by atoms with Crippen LogP contribution in [0.3, 0.4) is 0 Å². The highest BCUT2D eigenvalue weighted by molar-refractivity contribution is 7.99. The molecule has 0 bridgehead atoms. The summed E-state index contributed by atoms with van der Waals surface area (Å²) in [5, 5.41) is 0. The van der Waals surface area contributed by atoms with Gasteiger partial charge in [0.2, 0.25) is 0 Å². The Morgan fingerprint density at radius 2 is 2.23 bits per heavy atom. The third-order valence-corrected chi connectivity index (χ3v) is 2.43. The molecule has 0 aliphatic rings. The van der Waals surface area contributed by atoms with Gasteiger partial charge in [0, 0.05) is 5.75 Å². The lowest BCUT2D eigenvalue weighted by Crippen LogP contribution is -1.90. The summed E-state index contributed by atoms with van der Waals surface area (Å²) in [6.07, 6.45) is 1.81. The van der Waals surface area contributed by atoms with Gasteiger partial charge in [-0.3, -0.25) is 4.79 Å². The average molecular weight is 194 g/mol. The molecule has 0 saturated heterocycles. The second kappa shape index (κ2) is 5.43. The second-order valence-corrected chi connectivity index (χ2v) is 3.32. The first-order valence-electron chi connectivity index (χ1n) is 3.81. The SMILES string of the molecule is C=CCSc1ccccc1OC=O. The number of thioether (sulfide) groups is 1. The van der Waals surface area contributed by atoms with Gasteiger partial charge in [-0.25, -0.2) is 0 Å². The first kappa shape index (κ1) is 9.86. The fourth-order valence-electron chi connectivity index (χ4n) is 0.867. The molecule has 0 aliphatic heterocycles. The number of hydrogen-bond acceptors (Lipinski definition) is 3. The number of carbonyl (C=O) groups excluding carboxylic acids is 1. The third-order valence-electron chi connectivity index (χ3n) is 1.38. The van der Waals surface area contributed by atoms with Gasteiger partial charge < -0.3 is 4.74 Å². The Labute approximate surface area is 81.6 Å². The predicted molar refractivity (Wildman–Crippen MR) is 54.1 cm³/mol. The normalized spacial score (nSPS) is 9.23. The van der Waals surface area contributed by atoms with Crippen molar-refractivity contribution < 1.29 is 9.53 Å². The maximum Gasteiger partial charge on any atom is 0.298 e. The fraction of sp³-hybridized carbons (Fsp3) is 0.100. The first-order valence-corrected chi connectivity index (χ1v) is 4.80. The van der Waals surface area contributed by atoms with Gasteiger partial charge in [-0.2, -0.15) is 0 Å². The molecule has 0 amide bonds. The number of benzene rings is 1. The molecule has 1 aromatic carbocycles. The molecule has 68 valence electrons. The zero-order chi connectivity index (χ0) is 9.52. The van der Waals surface area contributed by atoms with E-state index in [1.165, 1.54) is 0 Å². The van der Waals surface area contributed by atoms with Gasteiger partial charge in [0.25, 0.3) is 6.47 Å². The third kappa shape index (κ3) is 2.95. The average Bonchev–Trinajstić information content (AvgIpc) is 2.17. The van der Waals surface area contributed by atoms with Gasteiger partial charge in [-0.05, 0) is 12.1 Å². The highest BCUT2D eigenvalue weighted by Gasteiger charge is 2.00. The molecule has 0 unspecified atom stereocenters. The summed E-state index contributed by atoms with van der Waals surface area (Å²) >= 11 is 1.59. The lowest BCUT2D eigenvalue weighted by molar-refractivity contribution is -0.120. The molecule has 0 heterocycles. The molecule has 0 radical (unpaired) electrons. The summed E-state index contributed by atoms with van der Waals surface area (Å²) < 4.78 is 4.80. The molecule has 0 saturated carbocycles. The van der Waals surface area contributed by atoms with Crippen molar-refractivity contribution in [2.45, 2.75) is 4.90 Å². The summed E-state index contributed by atoms with van der Waals surface area (Å²) in [4.78, 5) is 11.1. The number of ether oxygens (including phenoxy) is 1. The summed E-state index contributed by atoms with van der Waals surface area (Å²) in [7, 11) is 0. The van der Waals surface area contributed by atoms with E-state index in [4.69, 9.17) is 4.74 Å². The summed E-state index contributed by atoms with van der Waals surface area (Å²) in [6.45, 7) is 4.06. The van der Waals surface area contributed by atoms with Crippen LogP contribution in [0, 0.1) is 0 Å². The van der Waals surface area contributed by atoms with Crippen molar-refractivity contribution in [2.24, 2.45) is 0 Å². The van der Waals surface area contributed by atoms with Crippen molar-refractivity contribution in [3.05, 3.63) is 36.9 Å². The Hall–Kier alpha value is -1.22. The number of rotatable bonds is 5. The molecule has 0 aliphatic carbocycles. The van der Waals surface area contributed by atoms with Crippen molar-refractivity contribution in [3.63, 3.8) is 0 Å². The minimum Gasteiger partial charge on any atom is -0.428 e. The lowest BCUT2D eigenvalue weighted by atomic mass is 10.3. The smallest absolute Gasteiger partial charge is 0.298 e. The molecule has 0 N–H and O–H groups in total. The molecule has 0 fully saturated rings. The van der Waals surface area contributed by atoms with E-state index in [1.54, 1.807) is 17.8 Å². The molecule has 2 nitrogen and oxygen atoms in total. The van der Waals surface area contributed by atoms with Gasteiger partial charge in [-0.15, -0.1) is 18.3 Å². The molecular weight excluding hydrogens is 184 g/mol. The molecule has 0 atom stereocenters. The summed E-state index contributed by atoms with van der Waals surface area (Å²) in [5.74, 6) is 1.41. The van der Waals surface area contributed by atoms with E-state index in [0.29, 0.717) is 12.2 Å². The van der Waals surface area contributed by atoms with Crippen LogP contribution in [0.5, 0.6) is 5.75 Å². The van der Waals surface area contributed by atoms with E-state index in [-0.39, 0.29) is 0 Å². The highest BCUT2D eigenvalue weighted by Crippen LogP contribution is 2.28. The highest BCUT2D eigenvalue weighted by atomic mass is 32.2. The maximum atomic E-state index is 10.1. The van der Waals surface area contributed by atoms with Crippen LogP contribution in [-0.4, -0.2) is 12.2 Å². The standard InChI is InChI=1S/C10H10O2S/c1-2-7-13-10-6-4-3-5-9(10)12-8-11/h2-6,8H,1,7H2. The summed E-state index contributed by atoms with van der Waals surface area (Å²) in [6, 6.07) is 7.41. The Morgan fingerprint density at radius 3 is 2.92 bits per heavy atom. The molecule has 1 rings (SSSR count). The van der Waals surface area contributed by atoms with Crippen LogP contribution in [0.1, 0.15) is 0 Å². The van der Waals surface area contributed by atoms with E-state index >= 15 is 0 Å². The zero-order valence-corrected chi connectivity index (χ0v) is 7.92. The van der Waals surface area contributed by atoms with E-state index < -0.39 is 0 Å². The number of hydrogen-bond donors (Lipinski definition) is 0. The largest absolute Gasteiger partial charge is 0.428 e. The quantitative estimate of drug-likeness (QED) is 0.409. The molecule has 3 heteroatoms. The molecule has 0 aromatic heterocycles. The minimum absolute atomic E-state index is 0.438. The number of para-hydroxylation sites is 1. The van der Waals surface area contributed by atoms with Crippen LogP contribution < -0.4 is 4.74 Å². The van der Waals surface area contributed by atoms with Gasteiger partial charge in [0.15, 0.2) is 0 Å². The van der Waals surface area contributed by atoms with Crippen LogP contribution in [-0.2, 0) is 4.79 Å². The van der Waals surface area contributed by atoms with Gasteiger partial charge in [0.1, 0.15) is 5.75 Å². The maximum absolute atomic E-state index is 10.1. The van der Waals surface area contributed by atoms with Gasteiger partial charge in [-0.1, -0.05) is 18.2 Å². The lowest BCUT2D eigenvalue weighted by Gasteiger charge is -2.04. The minimum atomic E-state index is 0.438. The fourth-order valence-corrected chi connectivity index (χ4v) is 1.60. The van der Waals surface area contributed by atoms with Crippen LogP contribution in [0.2, 0.25) is 0 Å². The second-order valence-electron chi connectivity index (χ2n) is 2.26. The Balaban J connectivity index is 2.77. The number of carbonyl (C=O) groups is 1. The molecular formula is C10H10O2S. The van der Waals surface area contributed by atoms with Crippen molar-refractivity contribution in [3.8, 4) is 5.75 Å². The summed E-state index contributed by atoms with van der Waals surface area (Å²) in [5.41, 5.74) is 0. The molecule has 1 aromatic rings. The predicted octanol–water partition coefficient (Wildman–Crippen LogP) is 2.50. The Morgan fingerprint density at radius 1 is 1.46 bits per heavy atom. The molecule has 13 heavy (non-hydrogen) atoms. The Kier molecular flexibility index (Phi) is 4.12. The van der Waals surface area contributed by atoms with Crippen LogP contribution in [0.25, 0.3) is 0 Å². The van der Waals surface area contributed by atoms with E-state index in [9.17, 15) is 4.79 Å². The zero-order valence-electron chi connectivity index (χ0n) is 7.10. The van der Waals surface area contributed by atoms with Crippen molar-refractivity contribution in [1.82, 2.24) is 0 Å². The van der Waals surface area contributed by atoms with Gasteiger partial charge >= 0.3 is 0 Å². The van der Waals surface area contributed by atoms with E-state index in [0.717, 1.165) is 10.6 Å². The topological polar surface area (TPSA) is 26.3 Å². The van der Waals surface area contributed by atoms with Crippen LogP contribution in [0.4, 0.5) is 0 Å². The van der Waals surface area contributed by atoms with E-state index in [1.807, 2.05) is 24.3 Å². The van der Waals surface area contributed by atoms with Crippen molar-refractivity contribution >= 4 is 18.2 Å². The van der Waals surface area contributed by atoms with E-state index in [2.05, 4.69) is 6.58 Å². The Bertz CT molecular complexity index is 297. The van der Waals surface area contributed by atoms with Crippen LogP contribution >= 0.6 is 11.8 Å². The molecule has 0 spiro atoms. The van der Waals surface area contributed by atoms with Crippen LogP contribution in [0.15, 0.2) is 41.8 Å². The van der Waals surface area contributed by atoms with Crippen molar-refractivity contribution in [1.29, 1.82) is 0 Å². The van der Waals surface area contributed by atoms with Crippen molar-refractivity contribution in [2.75, 3.05) is 5.75 Å². The first-order chi connectivity index (χ1) is 6.38. The van der Waals surface area contributed by atoms with Gasteiger partial charge in [0.05, 0.1) is 4.90 Å².